The van der Waals surface area contributed by atoms with Crippen LogP contribution in [0, 0.1) is 0 Å². The van der Waals surface area contributed by atoms with E-state index in [1.807, 2.05) is 24.3 Å². The van der Waals surface area contributed by atoms with Crippen LogP contribution in [-0.2, 0) is 0 Å². The number of hydrogen-bond donors (Lipinski definition) is 3. The second kappa shape index (κ2) is 8.55. The van der Waals surface area contributed by atoms with E-state index >= 15 is 0 Å². The largest absolute Gasteiger partial charge is 0.324 e. The molecule has 1 aliphatic heterocycles. The zero-order chi connectivity index (χ0) is 20.1. The molecule has 8 heteroatoms. The minimum Gasteiger partial charge on any atom is -0.324 e. The average Bonchev–Trinajstić information content (AvgIpc) is 3.23. The number of amides is 3. The third kappa shape index (κ3) is 4.43. The zero-order valence-corrected chi connectivity index (χ0v) is 15.8. The molecule has 0 spiro atoms. The quantitative estimate of drug-likeness (QED) is 0.635. The summed E-state index contributed by atoms with van der Waals surface area (Å²) in [7, 11) is 0. The van der Waals surface area contributed by atoms with E-state index in [4.69, 9.17) is 0 Å². The number of H-pyrrole nitrogens is 1. The first-order valence-corrected chi connectivity index (χ1v) is 9.57. The monoisotopic (exact) mass is 390 g/mol. The van der Waals surface area contributed by atoms with Crippen molar-refractivity contribution in [3.05, 3.63) is 72.2 Å². The summed E-state index contributed by atoms with van der Waals surface area (Å²) in [6.45, 7) is 1.21. The maximum absolute atomic E-state index is 12.6. The van der Waals surface area contributed by atoms with E-state index in [0.29, 0.717) is 30.2 Å². The molecule has 3 amide bonds. The number of nitrogens with one attached hydrogen (secondary N) is 3. The van der Waals surface area contributed by atoms with Crippen LogP contribution in [0.4, 0.5) is 16.3 Å². The van der Waals surface area contributed by atoms with E-state index in [2.05, 4.69) is 25.8 Å². The molecular formula is C21H22N6O2. The molecule has 148 valence electrons. The van der Waals surface area contributed by atoms with Crippen LogP contribution in [0.25, 0.3) is 0 Å². The molecule has 0 radical (unpaired) electrons. The molecule has 0 aliphatic carbocycles. The summed E-state index contributed by atoms with van der Waals surface area (Å²) in [5.41, 5.74) is 2.07. The molecule has 3 aromatic rings. The van der Waals surface area contributed by atoms with Gasteiger partial charge in [0.2, 0.25) is 0 Å². The smallest absolute Gasteiger partial charge is 0.323 e. The number of aromatic amines is 1. The Bertz CT molecular complexity index is 973. The van der Waals surface area contributed by atoms with E-state index < -0.39 is 0 Å². The highest BCUT2D eigenvalue weighted by Gasteiger charge is 2.28. The van der Waals surface area contributed by atoms with Gasteiger partial charge in [0, 0.05) is 30.8 Å². The van der Waals surface area contributed by atoms with Gasteiger partial charge in [0.15, 0.2) is 0 Å². The minimum absolute atomic E-state index is 0.0619. The lowest BCUT2D eigenvalue weighted by Gasteiger charge is -2.32. The van der Waals surface area contributed by atoms with Gasteiger partial charge in [-0.05, 0) is 37.1 Å². The van der Waals surface area contributed by atoms with Crippen molar-refractivity contribution in [2.24, 2.45) is 0 Å². The van der Waals surface area contributed by atoms with E-state index in [1.165, 1.54) is 0 Å². The number of pyridine rings is 1. The van der Waals surface area contributed by atoms with E-state index in [9.17, 15) is 9.59 Å². The first-order chi connectivity index (χ1) is 14.2. The van der Waals surface area contributed by atoms with Crippen LogP contribution in [0.1, 0.15) is 34.8 Å². The van der Waals surface area contributed by atoms with Gasteiger partial charge < -0.3 is 10.2 Å². The third-order valence-electron chi connectivity index (χ3n) is 4.97. The first kappa shape index (κ1) is 18.7. The van der Waals surface area contributed by atoms with Crippen molar-refractivity contribution in [3.63, 3.8) is 0 Å². The van der Waals surface area contributed by atoms with E-state index in [1.54, 1.807) is 41.6 Å². The summed E-state index contributed by atoms with van der Waals surface area (Å²) in [5.74, 6) is 0.401. The Labute approximate surface area is 168 Å². The number of aromatic nitrogens is 3. The van der Waals surface area contributed by atoms with E-state index in [0.717, 1.165) is 18.5 Å². The number of urea groups is 1. The topological polar surface area (TPSA) is 103 Å². The lowest BCUT2D eigenvalue weighted by atomic mass is 9.94. The molecule has 29 heavy (non-hydrogen) atoms. The maximum atomic E-state index is 12.6. The number of benzene rings is 1. The summed E-state index contributed by atoms with van der Waals surface area (Å²) < 4.78 is 0. The fourth-order valence-electron chi connectivity index (χ4n) is 3.51. The van der Waals surface area contributed by atoms with Gasteiger partial charge in [-0.15, -0.1) is 0 Å². The maximum Gasteiger partial charge on any atom is 0.323 e. The molecule has 8 nitrogen and oxygen atoms in total. The third-order valence-corrected chi connectivity index (χ3v) is 4.97. The number of nitrogens with zero attached hydrogens (tertiary/aromatic N) is 3. The molecule has 1 aromatic carbocycles. The summed E-state index contributed by atoms with van der Waals surface area (Å²) in [6, 6.07) is 14.2. The Hall–Kier alpha value is -3.68. The number of piperidine rings is 1. The van der Waals surface area contributed by atoms with E-state index in [-0.39, 0.29) is 17.9 Å². The predicted octanol–water partition coefficient (Wildman–Crippen LogP) is 3.47. The lowest BCUT2D eigenvalue weighted by molar-refractivity contribution is 0.102. The first-order valence-electron chi connectivity index (χ1n) is 9.57. The Balaban J connectivity index is 1.43. The van der Waals surface area contributed by atoms with Gasteiger partial charge >= 0.3 is 6.03 Å². The SMILES string of the molecule is O=C(Nc1cn[nH]c1[C@@H]1CCCN(C(=O)Nc2ccccn2)C1)c1ccccc1. The number of carbonyl (C=O) groups is 2. The predicted molar refractivity (Wildman–Crippen MR) is 110 cm³/mol. The van der Waals surface area contributed by atoms with Crippen molar-refractivity contribution in [2.75, 3.05) is 23.7 Å². The average molecular weight is 390 g/mol. The van der Waals surface area contributed by atoms with Crippen LogP contribution in [0.15, 0.2) is 60.9 Å². The fourth-order valence-corrected chi connectivity index (χ4v) is 3.51. The van der Waals surface area contributed by atoms with Crippen molar-refractivity contribution in [1.29, 1.82) is 0 Å². The van der Waals surface area contributed by atoms with Gasteiger partial charge in [-0.3, -0.25) is 15.2 Å². The van der Waals surface area contributed by atoms with Crippen LogP contribution < -0.4 is 10.6 Å². The molecule has 1 aliphatic rings. The minimum atomic E-state index is -0.186. The van der Waals surface area contributed by atoms with Gasteiger partial charge in [0.25, 0.3) is 5.91 Å². The molecule has 4 rings (SSSR count). The lowest BCUT2D eigenvalue weighted by Crippen LogP contribution is -2.42. The Morgan fingerprint density at radius 2 is 1.90 bits per heavy atom. The highest BCUT2D eigenvalue weighted by atomic mass is 16.2. The van der Waals surface area contributed by atoms with Crippen molar-refractivity contribution in [3.8, 4) is 0 Å². The highest BCUT2D eigenvalue weighted by molar-refractivity contribution is 6.04. The molecular weight excluding hydrogens is 368 g/mol. The van der Waals surface area contributed by atoms with Gasteiger partial charge in [-0.25, -0.2) is 9.78 Å². The standard InChI is InChI=1S/C21H22N6O2/c28-20(15-7-2-1-3-8-15)24-17-13-23-26-19(17)16-9-6-12-27(14-16)21(29)25-18-10-4-5-11-22-18/h1-5,7-8,10-11,13,16H,6,9,12,14H2,(H,23,26)(H,24,28)(H,22,25,29)/t16-/m1/s1. The summed E-state index contributed by atoms with van der Waals surface area (Å²) in [4.78, 5) is 31.0. The molecule has 2 aromatic heterocycles. The van der Waals surface area contributed by atoms with Crippen LogP contribution in [-0.4, -0.2) is 45.1 Å². The second-order valence-corrected chi connectivity index (χ2v) is 6.95. The summed E-state index contributed by atoms with van der Waals surface area (Å²) >= 11 is 0. The Kier molecular flexibility index (Phi) is 5.51. The van der Waals surface area contributed by atoms with Crippen LogP contribution >= 0.6 is 0 Å². The number of rotatable bonds is 4. The zero-order valence-electron chi connectivity index (χ0n) is 15.8. The Morgan fingerprint density at radius 1 is 1.07 bits per heavy atom. The second-order valence-electron chi connectivity index (χ2n) is 6.95. The Morgan fingerprint density at radius 3 is 2.69 bits per heavy atom. The highest BCUT2D eigenvalue weighted by Crippen LogP contribution is 2.30. The molecule has 3 N–H and O–H groups in total. The molecule has 1 atom stereocenters. The van der Waals surface area contributed by atoms with Gasteiger partial charge in [0.05, 0.1) is 17.6 Å². The molecule has 0 unspecified atom stereocenters. The molecule has 0 saturated carbocycles. The number of carbonyl (C=O) groups excluding carboxylic acids is 2. The molecule has 1 saturated heterocycles. The van der Waals surface area contributed by atoms with Crippen molar-refractivity contribution >= 4 is 23.4 Å². The summed E-state index contributed by atoms with van der Waals surface area (Å²) in [5, 5.41) is 12.9. The number of likely N-dealkylation sites (tertiary alicyclic amines) is 1. The molecule has 0 bridgehead atoms. The van der Waals surface area contributed by atoms with Crippen LogP contribution in [0.5, 0.6) is 0 Å². The van der Waals surface area contributed by atoms with Gasteiger partial charge in [-0.1, -0.05) is 24.3 Å². The molecule has 3 heterocycles. The van der Waals surface area contributed by atoms with Crippen LogP contribution in [0.3, 0.4) is 0 Å². The van der Waals surface area contributed by atoms with Crippen molar-refractivity contribution < 1.29 is 9.59 Å². The van der Waals surface area contributed by atoms with Gasteiger partial charge in [-0.2, -0.15) is 5.10 Å². The van der Waals surface area contributed by atoms with Crippen molar-refractivity contribution in [1.82, 2.24) is 20.1 Å². The van der Waals surface area contributed by atoms with Gasteiger partial charge in [0.1, 0.15) is 5.82 Å². The number of hydrogen-bond acceptors (Lipinski definition) is 4. The van der Waals surface area contributed by atoms with Crippen LogP contribution in [0.2, 0.25) is 0 Å². The summed E-state index contributed by atoms with van der Waals surface area (Å²) in [6.07, 6.45) is 5.03. The molecule has 1 fully saturated rings. The fraction of sp³-hybridized carbons (Fsp3) is 0.238. The van der Waals surface area contributed by atoms with Crippen molar-refractivity contribution in [2.45, 2.75) is 18.8 Å². The number of anilines is 2. The normalized spacial score (nSPS) is 16.3.